The quantitative estimate of drug-likeness (QED) is 0.794. The molecule has 0 radical (unpaired) electrons. The van der Waals surface area contributed by atoms with Gasteiger partial charge in [-0.25, -0.2) is 14.1 Å². The number of benzene rings is 2. The first kappa shape index (κ1) is 20.6. The van der Waals surface area contributed by atoms with Gasteiger partial charge in [0.05, 0.1) is 12.3 Å². The molecular formula is C23H25FN6O2. The summed E-state index contributed by atoms with van der Waals surface area (Å²) in [6.07, 6.45) is -0.819. The van der Waals surface area contributed by atoms with Gasteiger partial charge < -0.3 is 4.90 Å². The number of carbonyl (C=O) groups excluding carboxylic acids is 2. The van der Waals surface area contributed by atoms with Gasteiger partial charge in [-0.15, -0.1) is 0 Å². The second-order valence-corrected chi connectivity index (χ2v) is 8.53. The van der Waals surface area contributed by atoms with Crippen molar-refractivity contribution < 1.29 is 14.0 Å². The van der Waals surface area contributed by atoms with Crippen molar-refractivity contribution in [3.8, 4) is 0 Å². The number of urea groups is 1. The van der Waals surface area contributed by atoms with Crippen molar-refractivity contribution >= 4 is 17.6 Å². The molecular weight excluding hydrogens is 411 g/mol. The number of nitrogens with one attached hydrogen (secondary N) is 1. The molecule has 2 aromatic rings. The van der Waals surface area contributed by atoms with E-state index in [4.69, 9.17) is 5.10 Å². The van der Waals surface area contributed by atoms with Gasteiger partial charge in [0, 0.05) is 20.6 Å². The number of fused-ring (bicyclic) bond motifs is 3. The summed E-state index contributed by atoms with van der Waals surface area (Å²) in [5.41, 5.74) is 3.78. The van der Waals surface area contributed by atoms with Gasteiger partial charge in [-0.1, -0.05) is 42.0 Å². The maximum Gasteiger partial charge on any atom is 0.327 e. The molecule has 3 atom stereocenters. The van der Waals surface area contributed by atoms with E-state index in [0.717, 1.165) is 16.8 Å². The monoisotopic (exact) mass is 436 g/mol. The maximum absolute atomic E-state index is 13.5. The molecule has 0 aliphatic carbocycles. The van der Waals surface area contributed by atoms with Crippen molar-refractivity contribution in [2.45, 2.75) is 32.0 Å². The van der Waals surface area contributed by atoms with E-state index < -0.39 is 12.2 Å². The normalized spacial score (nSPS) is 25.7. The zero-order chi connectivity index (χ0) is 22.6. The molecule has 9 heteroatoms. The molecule has 1 N–H and O–H groups in total. The molecule has 3 amide bonds. The lowest BCUT2D eigenvalue weighted by molar-refractivity contribution is -0.137. The summed E-state index contributed by atoms with van der Waals surface area (Å²) in [7, 11) is 3.20. The van der Waals surface area contributed by atoms with Crippen LogP contribution < -0.4 is 5.32 Å². The number of hydrazone groups is 1. The van der Waals surface area contributed by atoms with Crippen molar-refractivity contribution in [2.75, 3.05) is 20.6 Å². The molecule has 3 aliphatic heterocycles. The van der Waals surface area contributed by atoms with Gasteiger partial charge in [0.15, 0.2) is 6.29 Å². The van der Waals surface area contributed by atoms with E-state index in [2.05, 4.69) is 29.6 Å². The van der Waals surface area contributed by atoms with Gasteiger partial charge in [0.1, 0.15) is 18.0 Å². The molecule has 2 fully saturated rings. The zero-order valence-corrected chi connectivity index (χ0v) is 18.2. The van der Waals surface area contributed by atoms with Gasteiger partial charge in [-0.05, 0) is 30.2 Å². The highest BCUT2D eigenvalue weighted by Crippen LogP contribution is 2.31. The Morgan fingerprint density at radius 3 is 2.44 bits per heavy atom. The minimum Gasteiger partial charge on any atom is -0.310 e. The highest BCUT2D eigenvalue weighted by atomic mass is 19.1. The van der Waals surface area contributed by atoms with Gasteiger partial charge in [0.25, 0.3) is 5.91 Å². The molecule has 3 heterocycles. The molecule has 8 nitrogen and oxygen atoms in total. The third-order valence-electron chi connectivity index (χ3n) is 6.39. The number of likely N-dealkylation sites (N-methyl/N-ethyl adjacent to an activating group) is 2. The highest BCUT2D eigenvalue weighted by molar-refractivity contribution is 6.04. The Hall–Kier alpha value is -3.30. The average molecular weight is 436 g/mol. The van der Waals surface area contributed by atoms with E-state index in [1.807, 2.05) is 16.8 Å². The fourth-order valence-electron chi connectivity index (χ4n) is 4.57. The van der Waals surface area contributed by atoms with Crippen molar-refractivity contribution in [2.24, 2.45) is 5.10 Å². The Kier molecular flexibility index (Phi) is 4.94. The van der Waals surface area contributed by atoms with Crippen molar-refractivity contribution in [3.63, 3.8) is 0 Å². The number of carbonyl (C=O) groups is 2. The Labute approximate surface area is 185 Å². The number of rotatable bonds is 3. The van der Waals surface area contributed by atoms with E-state index in [1.54, 1.807) is 24.1 Å². The summed E-state index contributed by atoms with van der Waals surface area (Å²) >= 11 is 0. The predicted octanol–water partition coefficient (Wildman–Crippen LogP) is 1.76. The maximum atomic E-state index is 13.5. The third-order valence-corrected chi connectivity index (χ3v) is 6.39. The number of halogens is 1. The number of imide groups is 1. The van der Waals surface area contributed by atoms with E-state index in [-0.39, 0.29) is 24.0 Å². The lowest BCUT2D eigenvalue weighted by atomic mass is 10.1. The molecule has 2 saturated heterocycles. The SMILES string of the molecule is Cc1ccc(CN2N=C(c3ccc(F)cc3)CN3C4C(=O)N(C)C(=O)N(C)C4NC23)cc1. The molecule has 0 spiro atoms. The van der Waals surface area contributed by atoms with Gasteiger partial charge in [-0.2, -0.15) is 5.10 Å². The molecule has 0 bridgehead atoms. The van der Waals surface area contributed by atoms with Crippen LogP contribution in [0.15, 0.2) is 53.6 Å². The molecule has 0 aromatic heterocycles. The van der Waals surface area contributed by atoms with Crippen molar-refractivity contribution in [1.29, 1.82) is 0 Å². The fraction of sp³-hybridized carbons (Fsp3) is 0.348. The van der Waals surface area contributed by atoms with Crippen LogP contribution in [0, 0.1) is 12.7 Å². The minimum absolute atomic E-state index is 0.247. The van der Waals surface area contributed by atoms with Crippen LogP contribution in [0.4, 0.5) is 9.18 Å². The van der Waals surface area contributed by atoms with Crippen LogP contribution in [0.5, 0.6) is 0 Å². The molecule has 3 unspecified atom stereocenters. The summed E-state index contributed by atoms with van der Waals surface area (Å²) < 4.78 is 13.5. The lowest BCUT2D eigenvalue weighted by Gasteiger charge is -2.41. The molecule has 166 valence electrons. The van der Waals surface area contributed by atoms with E-state index in [1.165, 1.54) is 29.6 Å². The summed E-state index contributed by atoms with van der Waals surface area (Å²) in [6.45, 7) is 2.95. The van der Waals surface area contributed by atoms with Gasteiger partial charge in [-0.3, -0.25) is 20.0 Å². The number of hydrogen-bond acceptors (Lipinski definition) is 6. The molecule has 32 heavy (non-hydrogen) atoms. The van der Waals surface area contributed by atoms with E-state index >= 15 is 0 Å². The lowest BCUT2D eigenvalue weighted by Crippen LogP contribution is -2.65. The van der Waals surface area contributed by atoms with Crippen LogP contribution in [0.25, 0.3) is 0 Å². The fourth-order valence-corrected chi connectivity index (χ4v) is 4.57. The van der Waals surface area contributed by atoms with Crippen molar-refractivity contribution in [3.05, 3.63) is 71.0 Å². The molecule has 3 aliphatic rings. The zero-order valence-electron chi connectivity index (χ0n) is 18.2. The first-order chi connectivity index (χ1) is 15.3. The predicted molar refractivity (Wildman–Crippen MR) is 117 cm³/mol. The van der Waals surface area contributed by atoms with Crippen LogP contribution in [0.3, 0.4) is 0 Å². The Morgan fingerprint density at radius 1 is 1.06 bits per heavy atom. The summed E-state index contributed by atoms with van der Waals surface area (Å²) in [4.78, 5) is 30.4. The summed E-state index contributed by atoms with van der Waals surface area (Å²) in [5, 5.41) is 10.2. The van der Waals surface area contributed by atoms with Gasteiger partial charge >= 0.3 is 6.03 Å². The largest absolute Gasteiger partial charge is 0.327 e. The molecule has 0 saturated carbocycles. The van der Waals surface area contributed by atoms with Crippen LogP contribution in [0.2, 0.25) is 0 Å². The second-order valence-electron chi connectivity index (χ2n) is 8.53. The molecule has 5 rings (SSSR count). The topological polar surface area (TPSA) is 71.5 Å². The average Bonchev–Trinajstić information content (AvgIpc) is 3.18. The minimum atomic E-state index is -0.542. The highest BCUT2D eigenvalue weighted by Gasteiger charge is 2.55. The Bertz CT molecular complexity index is 1090. The van der Waals surface area contributed by atoms with Gasteiger partial charge in [0.2, 0.25) is 0 Å². The van der Waals surface area contributed by atoms with Crippen LogP contribution in [-0.4, -0.2) is 76.5 Å². The van der Waals surface area contributed by atoms with Crippen LogP contribution in [-0.2, 0) is 11.3 Å². The van der Waals surface area contributed by atoms with Crippen molar-refractivity contribution in [1.82, 2.24) is 25.0 Å². The van der Waals surface area contributed by atoms with E-state index in [0.29, 0.717) is 13.1 Å². The Morgan fingerprint density at radius 2 is 1.75 bits per heavy atom. The summed E-state index contributed by atoms with van der Waals surface area (Å²) in [6, 6.07) is 13.5. The second kappa shape index (κ2) is 7.68. The number of aryl methyl sites for hydroxylation is 1. The summed E-state index contributed by atoms with van der Waals surface area (Å²) in [5.74, 6) is -0.560. The number of amides is 3. The molecule has 2 aromatic carbocycles. The number of nitrogens with zero attached hydrogens (tertiary/aromatic N) is 5. The third kappa shape index (κ3) is 3.34. The Balaban J connectivity index is 1.53. The van der Waals surface area contributed by atoms with Crippen LogP contribution in [0.1, 0.15) is 16.7 Å². The van der Waals surface area contributed by atoms with E-state index in [9.17, 15) is 14.0 Å². The first-order valence-corrected chi connectivity index (χ1v) is 10.6. The standard InChI is InChI=1S/C23H25FN6O2/c1-14-4-6-15(7-5-14)12-30-22-25-20-19(21(31)28(3)23(32)27(20)2)29(22)13-18(26-30)16-8-10-17(24)11-9-16/h4-11,19-20,22,25H,12-13H2,1-3H3. The number of hydrogen-bond donors (Lipinski definition) is 1. The van der Waals surface area contributed by atoms with Crippen LogP contribution >= 0.6 is 0 Å². The first-order valence-electron chi connectivity index (χ1n) is 10.6. The smallest absolute Gasteiger partial charge is 0.310 e.